The van der Waals surface area contributed by atoms with Gasteiger partial charge in [0.2, 0.25) is 5.95 Å². The summed E-state index contributed by atoms with van der Waals surface area (Å²) in [5, 5.41) is 4.26. The van der Waals surface area contributed by atoms with Gasteiger partial charge < -0.3 is 9.47 Å². The fraction of sp³-hybridized carbons (Fsp3) is 0.368. The Hall–Kier alpha value is -3.36. The summed E-state index contributed by atoms with van der Waals surface area (Å²) in [6.07, 6.45) is 3.52. The predicted molar refractivity (Wildman–Crippen MR) is 112 cm³/mol. The van der Waals surface area contributed by atoms with E-state index in [0.29, 0.717) is 23.7 Å². The van der Waals surface area contributed by atoms with Crippen molar-refractivity contribution < 1.29 is 0 Å². The van der Waals surface area contributed by atoms with Crippen LogP contribution < -0.4 is 21.6 Å². The molecule has 0 aliphatic heterocycles. The van der Waals surface area contributed by atoms with Gasteiger partial charge in [-0.1, -0.05) is 25.5 Å². The fourth-order valence-corrected chi connectivity index (χ4v) is 2.88. The van der Waals surface area contributed by atoms with Crippen LogP contribution in [0.1, 0.15) is 25.3 Å². The van der Waals surface area contributed by atoms with E-state index in [2.05, 4.69) is 27.4 Å². The quantitative estimate of drug-likeness (QED) is 0.478. The van der Waals surface area contributed by atoms with Gasteiger partial charge in [-0.25, -0.2) is 10.2 Å². The van der Waals surface area contributed by atoms with Gasteiger partial charge >= 0.3 is 5.69 Å². The van der Waals surface area contributed by atoms with Gasteiger partial charge in [0.25, 0.3) is 5.56 Å². The Bertz CT molecular complexity index is 1100. The summed E-state index contributed by atoms with van der Waals surface area (Å²) in [5.41, 5.74) is 4.71. The highest BCUT2D eigenvalue weighted by Gasteiger charge is 2.16. The first kappa shape index (κ1) is 19.4. The standard InChI is InChI=1S/C19H25N7O2/c1-5-6-11-26-15-16(25(4)19(28)22-17(15)27)21-18(26)23-20-12-13-7-9-14(10-8-13)24(2)3/h7-10,12H,5-6,11H2,1-4H3,(H,21,23)(H,22,27,28)/b20-12-. The molecule has 2 N–H and O–H groups in total. The number of imidazole rings is 1. The van der Waals surface area contributed by atoms with Gasteiger partial charge in [-0.2, -0.15) is 10.1 Å². The number of unbranched alkanes of at least 4 members (excludes halogenated alkanes) is 1. The van der Waals surface area contributed by atoms with Crippen LogP contribution in [-0.2, 0) is 13.6 Å². The van der Waals surface area contributed by atoms with Gasteiger partial charge in [-0.3, -0.25) is 14.3 Å². The molecule has 9 heteroatoms. The predicted octanol–water partition coefficient (Wildman–Crippen LogP) is 1.74. The molecule has 0 atom stereocenters. The number of anilines is 2. The Labute approximate surface area is 162 Å². The van der Waals surface area contributed by atoms with Crippen LogP contribution in [0.3, 0.4) is 0 Å². The van der Waals surface area contributed by atoms with Crippen molar-refractivity contribution in [3.63, 3.8) is 0 Å². The molecule has 9 nitrogen and oxygen atoms in total. The van der Waals surface area contributed by atoms with Gasteiger partial charge in [0.05, 0.1) is 6.21 Å². The summed E-state index contributed by atoms with van der Waals surface area (Å²) in [6.45, 7) is 2.67. The molecule has 2 heterocycles. The average Bonchev–Trinajstić information content (AvgIpc) is 3.04. The van der Waals surface area contributed by atoms with Gasteiger partial charge in [0.1, 0.15) is 0 Å². The topological polar surface area (TPSA) is 100 Å². The molecule has 0 saturated heterocycles. The number of aryl methyl sites for hydroxylation is 2. The zero-order valence-electron chi connectivity index (χ0n) is 16.6. The van der Waals surface area contributed by atoms with Crippen molar-refractivity contribution in [1.82, 2.24) is 19.1 Å². The number of rotatable bonds is 7. The Kier molecular flexibility index (Phi) is 5.62. The van der Waals surface area contributed by atoms with Crippen LogP contribution in [0.15, 0.2) is 39.0 Å². The normalized spacial score (nSPS) is 11.4. The third-order valence-electron chi connectivity index (χ3n) is 4.53. The van der Waals surface area contributed by atoms with Crippen LogP contribution in [0.2, 0.25) is 0 Å². The molecular weight excluding hydrogens is 358 g/mol. The number of fused-ring (bicyclic) bond motifs is 1. The number of hydrogen-bond acceptors (Lipinski definition) is 6. The molecule has 3 rings (SSSR count). The summed E-state index contributed by atoms with van der Waals surface area (Å²) in [4.78, 5) is 33.0. The van der Waals surface area contributed by atoms with Gasteiger partial charge in [-0.05, 0) is 24.1 Å². The van der Waals surface area contributed by atoms with Crippen LogP contribution in [0, 0.1) is 0 Å². The number of aromatic amines is 1. The molecule has 0 radical (unpaired) electrons. The molecule has 0 aliphatic carbocycles. The first-order valence-electron chi connectivity index (χ1n) is 9.18. The number of aromatic nitrogens is 4. The van der Waals surface area contributed by atoms with Crippen molar-refractivity contribution >= 4 is 29.0 Å². The number of hydrazone groups is 1. The van der Waals surface area contributed by atoms with Gasteiger partial charge in [-0.15, -0.1) is 0 Å². The number of benzene rings is 1. The molecule has 3 aromatic rings. The first-order chi connectivity index (χ1) is 13.4. The molecule has 0 aliphatic rings. The Morgan fingerprint density at radius 2 is 1.96 bits per heavy atom. The first-order valence-corrected chi connectivity index (χ1v) is 9.18. The minimum Gasteiger partial charge on any atom is -0.378 e. The van der Waals surface area contributed by atoms with Crippen LogP contribution in [0.25, 0.3) is 11.2 Å². The van der Waals surface area contributed by atoms with Crippen molar-refractivity contribution in [3.8, 4) is 0 Å². The second-order valence-corrected chi connectivity index (χ2v) is 6.79. The second kappa shape index (κ2) is 8.12. The van der Waals surface area contributed by atoms with Gasteiger partial charge in [0, 0.05) is 33.4 Å². The summed E-state index contributed by atoms with van der Waals surface area (Å²) in [6, 6.07) is 7.95. The number of nitrogens with zero attached hydrogens (tertiary/aromatic N) is 5. The van der Waals surface area contributed by atoms with E-state index in [1.54, 1.807) is 17.8 Å². The summed E-state index contributed by atoms with van der Waals surface area (Å²) >= 11 is 0. The highest BCUT2D eigenvalue weighted by Crippen LogP contribution is 2.16. The molecule has 1 aromatic carbocycles. The van der Waals surface area contributed by atoms with E-state index in [1.165, 1.54) is 4.57 Å². The minimum absolute atomic E-state index is 0.331. The molecule has 148 valence electrons. The van der Waals surface area contributed by atoms with Crippen molar-refractivity contribution in [3.05, 3.63) is 50.7 Å². The van der Waals surface area contributed by atoms with Crippen molar-refractivity contribution in [1.29, 1.82) is 0 Å². The summed E-state index contributed by atoms with van der Waals surface area (Å²) in [5.74, 6) is 0.427. The molecule has 0 fully saturated rings. The Balaban J connectivity index is 1.93. The number of nitrogens with one attached hydrogen (secondary N) is 2. The largest absolute Gasteiger partial charge is 0.378 e. The molecule has 0 unspecified atom stereocenters. The van der Waals surface area contributed by atoms with Crippen LogP contribution in [-0.4, -0.2) is 39.4 Å². The summed E-state index contributed by atoms with van der Waals surface area (Å²) < 4.78 is 3.09. The number of H-pyrrole nitrogens is 1. The highest BCUT2D eigenvalue weighted by molar-refractivity contribution is 5.81. The van der Waals surface area contributed by atoms with E-state index in [-0.39, 0.29) is 0 Å². The SMILES string of the molecule is CCCCn1c(N/N=C\c2ccc(N(C)C)cc2)nc2c1c(=O)[nH]c(=O)n2C. The Morgan fingerprint density at radius 3 is 2.61 bits per heavy atom. The zero-order valence-corrected chi connectivity index (χ0v) is 16.6. The molecular formula is C19H25N7O2. The smallest absolute Gasteiger partial charge is 0.329 e. The molecule has 0 saturated carbocycles. The van der Waals surface area contributed by atoms with E-state index in [4.69, 9.17) is 0 Å². The lowest BCUT2D eigenvalue weighted by molar-refractivity contribution is 0.647. The molecule has 0 amide bonds. The van der Waals surface area contributed by atoms with E-state index < -0.39 is 11.2 Å². The second-order valence-electron chi connectivity index (χ2n) is 6.79. The van der Waals surface area contributed by atoms with E-state index in [0.717, 1.165) is 24.1 Å². The maximum atomic E-state index is 12.3. The Morgan fingerprint density at radius 1 is 1.25 bits per heavy atom. The average molecular weight is 383 g/mol. The lowest BCUT2D eigenvalue weighted by atomic mass is 10.2. The van der Waals surface area contributed by atoms with Crippen LogP contribution >= 0.6 is 0 Å². The molecule has 2 aromatic heterocycles. The zero-order chi connectivity index (χ0) is 20.3. The molecule has 0 bridgehead atoms. The lowest BCUT2D eigenvalue weighted by Gasteiger charge is -2.11. The van der Waals surface area contributed by atoms with Crippen LogP contribution in [0.5, 0.6) is 0 Å². The fourth-order valence-electron chi connectivity index (χ4n) is 2.88. The maximum Gasteiger partial charge on any atom is 0.329 e. The van der Waals surface area contributed by atoms with Crippen LogP contribution in [0.4, 0.5) is 11.6 Å². The third kappa shape index (κ3) is 3.83. The molecule has 0 spiro atoms. The monoisotopic (exact) mass is 383 g/mol. The highest BCUT2D eigenvalue weighted by atomic mass is 16.2. The molecule has 28 heavy (non-hydrogen) atoms. The third-order valence-corrected chi connectivity index (χ3v) is 4.53. The maximum absolute atomic E-state index is 12.3. The van der Waals surface area contributed by atoms with E-state index in [1.807, 2.05) is 43.3 Å². The van der Waals surface area contributed by atoms with E-state index >= 15 is 0 Å². The van der Waals surface area contributed by atoms with Crippen molar-refractivity contribution in [2.45, 2.75) is 26.3 Å². The number of hydrogen-bond donors (Lipinski definition) is 2. The van der Waals surface area contributed by atoms with Crippen molar-refractivity contribution in [2.24, 2.45) is 12.1 Å². The van der Waals surface area contributed by atoms with Crippen molar-refractivity contribution in [2.75, 3.05) is 24.4 Å². The lowest BCUT2D eigenvalue weighted by Crippen LogP contribution is -2.29. The summed E-state index contributed by atoms with van der Waals surface area (Å²) in [7, 11) is 5.55. The minimum atomic E-state index is -0.492. The van der Waals surface area contributed by atoms with Gasteiger partial charge in [0.15, 0.2) is 11.2 Å². The van der Waals surface area contributed by atoms with E-state index in [9.17, 15) is 9.59 Å².